The van der Waals surface area contributed by atoms with Crippen molar-refractivity contribution in [1.82, 2.24) is 5.32 Å². The standard InChI is InChI=1S/C18H28NP/c1-2-17-13-18-16(8-10-19-17)12-15-7-5-3-4-6-14(15)9-11-20-18/h9,11-12,14,17,19-20H,2-8,10,13H2,1H3/b11-9-,15-12-. The van der Waals surface area contributed by atoms with Crippen molar-refractivity contribution in [3.63, 3.8) is 0 Å². The van der Waals surface area contributed by atoms with Gasteiger partial charge in [-0.25, -0.2) is 0 Å². The van der Waals surface area contributed by atoms with E-state index in [1.54, 1.807) is 16.5 Å². The zero-order valence-electron chi connectivity index (χ0n) is 12.8. The van der Waals surface area contributed by atoms with Crippen LogP contribution in [-0.4, -0.2) is 12.6 Å². The quantitative estimate of drug-likeness (QED) is 0.661. The van der Waals surface area contributed by atoms with Gasteiger partial charge in [-0.3, -0.25) is 0 Å². The Labute approximate surface area is 125 Å². The van der Waals surface area contributed by atoms with Crippen LogP contribution in [0, 0.1) is 5.92 Å². The lowest BCUT2D eigenvalue weighted by Gasteiger charge is -2.20. The summed E-state index contributed by atoms with van der Waals surface area (Å²) >= 11 is 0. The van der Waals surface area contributed by atoms with Gasteiger partial charge in [-0.1, -0.05) is 51.9 Å². The number of nitrogens with one attached hydrogen (secondary N) is 1. The Kier molecular flexibility index (Phi) is 5.13. The van der Waals surface area contributed by atoms with E-state index in [4.69, 9.17) is 0 Å². The molecule has 3 aliphatic rings. The molecule has 110 valence electrons. The van der Waals surface area contributed by atoms with Gasteiger partial charge >= 0.3 is 0 Å². The van der Waals surface area contributed by atoms with Gasteiger partial charge in [0.15, 0.2) is 0 Å². The van der Waals surface area contributed by atoms with E-state index in [0.29, 0.717) is 6.04 Å². The van der Waals surface area contributed by atoms with Crippen molar-refractivity contribution in [1.29, 1.82) is 0 Å². The molecule has 2 heterocycles. The number of hydrogen-bond acceptors (Lipinski definition) is 1. The summed E-state index contributed by atoms with van der Waals surface area (Å²) in [5.41, 5.74) is 3.41. The third-order valence-electron chi connectivity index (χ3n) is 5.06. The lowest BCUT2D eigenvalue weighted by Crippen LogP contribution is -2.27. The van der Waals surface area contributed by atoms with E-state index in [9.17, 15) is 0 Å². The molecule has 0 saturated heterocycles. The fourth-order valence-corrected chi connectivity index (χ4v) is 5.02. The first-order valence-electron chi connectivity index (χ1n) is 8.46. The van der Waals surface area contributed by atoms with Crippen LogP contribution >= 0.6 is 8.58 Å². The van der Waals surface area contributed by atoms with Gasteiger partial charge < -0.3 is 5.32 Å². The Morgan fingerprint density at radius 3 is 3.10 bits per heavy atom. The minimum absolute atomic E-state index is 0.700. The summed E-state index contributed by atoms with van der Waals surface area (Å²) in [6, 6.07) is 0.700. The summed E-state index contributed by atoms with van der Waals surface area (Å²) in [4.78, 5) is 0. The maximum atomic E-state index is 3.72. The first-order valence-corrected chi connectivity index (χ1v) is 9.53. The van der Waals surface area contributed by atoms with Crippen molar-refractivity contribution in [3.8, 4) is 0 Å². The Balaban J connectivity index is 1.89. The monoisotopic (exact) mass is 289 g/mol. The lowest BCUT2D eigenvalue weighted by atomic mass is 9.91. The highest BCUT2D eigenvalue weighted by Crippen LogP contribution is 2.41. The van der Waals surface area contributed by atoms with E-state index >= 15 is 0 Å². The number of rotatable bonds is 1. The summed E-state index contributed by atoms with van der Waals surface area (Å²) in [7, 11) is 0.921. The second-order valence-corrected chi connectivity index (χ2v) is 7.67. The van der Waals surface area contributed by atoms with Crippen LogP contribution in [0.15, 0.2) is 34.4 Å². The van der Waals surface area contributed by atoms with Crippen molar-refractivity contribution < 1.29 is 0 Å². The van der Waals surface area contributed by atoms with Crippen LogP contribution in [0.5, 0.6) is 0 Å². The van der Waals surface area contributed by atoms with Crippen molar-refractivity contribution in [2.24, 2.45) is 5.92 Å². The second-order valence-electron chi connectivity index (χ2n) is 6.45. The van der Waals surface area contributed by atoms with Crippen LogP contribution in [0.1, 0.15) is 58.3 Å². The Bertz CT molecular complexity index is 433. The molecule has 1 N–H and O–H groups in total. The van der Waals surface area contributed by atoms with Crippen molar-refractivity contribution in [2.45, 2.75) is 64.3 Å². The van der Waals surface area contributed by atoms with E-state index in [2.05, 4.69) is 30.2 Å². The Morgan fingerprint density at radius 1 is 1.25 bits per heavy atom. The molecule has 0 spiro atoms. The maximum Gasteiger partial charge on any atom is 0.0105 e. The van der Waals surface area contributed by atoms with Gasteiger partial charge in [-0.05, 0) is 61.9 Å². The van der Waals surface area contributed by atoms with Gasteiger partial charge in [-0.2, -0.15) is 0 Å². The predicted molar refractivity (Wildman–Crippen MR) is 90.5 cm³/mol. The molecule has 1 aliphatic carbocycles. The van der Waals surface area contributed by atoms with Gasteiger partial charge in [0.1, 0.15) is 0 Å². The van der Waals surface area contributed by atoms with E-state index in [0.717, 1.165) is 14.5 Å². The topological polar surface area (TPSA) is 12.0 Å². The fraction of sp³-hybridized carbons (Fsp3) is 0.667. The van der Waals surface area contributed by atoms with Gasteiger partial charge in [0.05, 0.1) is 0 Å². The molecule has 3 unspecified atom stereocenters. The average Bonchev–Trinajstić information content (AvgIpc) is 2.77. The fourth-order valence-electron chi connectivity index (χ4n) is 3.74. The predicted octanol–water partition coefficient (Wildman–Crippen LogP) is 5.12. The number of allylic oxidation sites excluding steroid dienone is 3. The molecular formula is C18H28NP. The van der Waals surface area contributed by atoms with Crippen LogP contribution in [0.2, 0.25) is 0 Å². The summed E-state index contributed by atoms with van der Waals surface area (Å²) < 4.78 is 0. The summed E-state index contributed by atoms with van der Waals surface area (Å²) in [5.74, 6) is 3.24. The van der Waals surface area contributed by atoms with Gasteiger partial charge in [0.25, 0.3) is 0 Å². The third kappa shape index (κ3) is 3.43. The van der Waals surface area contributed by atoms with E-state index in [1.165, 1.54) is 57.9 Å². The molecular weight excluding hydrogens is 261 g/mol. The van der Waals surface area contributed by atoms with Crippen molar-refractivity contribution in [3.05, 3.63) is 34.4 Å². The number of fused-ring (bicyclic) bond motifs is 1. The van der Waals surface area contributed by atoms with Crippen molar-refractivity contribution in [2.75, 3.05) is 6.54 Å². The molecule has 20 heavy (non-hydrogen) atoms. The third-order valence-corrected chi connectivity index (χ3v) is 6.29. The molecule has 0 amide bonds. The minimum Gasteiger partial charge on any atom is -0.313 e. The molecule has 2 heteroatoms. The SMILES string of the molecule is CCC1CC2=C(/C=C3/CCCCCC3/C=C\P2)CCN1. The van der Waals surface area contributed by atoms with Crippen LogP contribution in [0.25, 0.3) is 0 Å². The highest BCUT2D eigenvalue weighted by Gasteiger charge is 2.20. The van der Waals surface area contributed by atoms with Gasteiger partial charge in [0.2, 0.25) is 0 Å². The summed E-state index contributed by atoms with van der Waals surface area (Å²) in [6.45, 7) is 3.48. The molecule has 0 radical (unpaired) electrons. The molecule has 1 saturated carbocycles. The molecule has 3 rings (SSSR count). The van der Waals surface area contributed by atoms with E-state index in [1.807, 2.05) is 0 Å². The molecule has 0 aromatic heterocycles. The Morgan fingerprint density at radius 2 is 2.20 bits per heavy atom. The molecule has 0 aromatic carbocycles. The van der Waals surface area contributed by atoms with E-state index in [-0.39, 0.29) is 0 Å². The first-order chi connectivity index (χ1) is 9.86. The van der Waals surface area contributed by atoms with Crippen LogP contribution in [0.3, 0.4) is 0 Å². The van der Waals surface area contributed by atoms with E-state index < -0.39 is 0 Å². The normalized spacial score (nSPS) is 36.8. The maximum absolute atomic E-state index is 3.72. The smallest absolute Gasteiger partial charge is 0.0105 e. The zero-order valence-corrected chi connectivity index (χ0v) is 13.8. The van der Waals surface area contributed by atoms with Gasteiger partial charge in [-0.15, -0.1) is 0 Å². The van der Waals surface area contributed by atoms with Crippen molar-refractivity contribution >= 4 is 8.58 Å². The van der Waals surface area contributed by atoms with Crippen LogP contribution in [-0.2, 0) is 0 Å². The lowest BCUT2D eigenvalue weighted by molar-refractivity contribution is 0.516. The minimum atomic E-state index is 0.700. The van der Waals surface area contributed by atoms with Gasteiger partial charge in [0, 0.05) is 6.04 Å². The molecule has 3 atom stereocenters. The summed E-state index contributed by atoms with van der Waals surface area (Å²) in [6.07, 6.45) is 15.9. The Hall–Kier alpha value is -0.390. The highest BCUT2D eigenvalue weighted by molar-refractivity contribution is 7.46. The highest BCUT2D eigenvalue weighted by atomic mass is 31.1. The molecule has 0 aromatic rings. The first kappa shape index (κ1) is 14.5. The zero-order chi connectivity index (χ0) is 13.8. The largest absolute Gasteiger partial charge is 0.313 e. The molecule has 0 bridgehead atoms. The second kappa shape index (κ2) is 7.05. The summed E-state index contributed by atoms with van der Waals surface area (Å²) in [5, 5.41) is 5.45. The number of hydrogen-bond donors (Lipinski definition) is 1. The van der Waals surface area contributed by atoms with Crippen LogP contribution in [0.4, 0.5) is 0 Å². The molecule has 2 aliphatic heterocycles. The van der Waals surface area contributed by atoms with Crippen LogP contribution < -0.4 is 5.32 Å². The molecule has 1 nitrogen and oxygen atoms in total. The average molecular weight is 289 g/mol. The molecule has 1 fully saturated rings.